The van der Waals surface area contributed by atoms with Gasteiger partial charge in [0.2, 0.25) is 5.82 Å². The molecule has 1 N–H and O–H groups in total. The summed E-state index contributed by atoms with van der Waals surface area (Å²) in [5.74, 6) is 0.439. The van der Waals surface area contributed by atoms with Gasteiger partial charge < -0.3 is 10.1 Å². The fraction of sp³-hybridized carbons (Fsp3) is 0.0870. The van der Waals surface area contributed by atoms with Gasteiger partial charge in [0.1, 0.15) is 5.75 Å². The second-order valence-corrected chi connectivity index (χ2v) is 7.30. The van der Waals surface area contributed by atoms with Gasteiger partial charge in [-0.15, -0.1) is 5.10 Å². The van der Waals surface area contributed by atoms with Crippen molar-refractivity contribution in [2.24, 2.45) is 0 Å². The van der Waals surface area contributed by atoms with Crippen LogP contribution in [0.5, 0.6) is 5.75 Å². The van der Waals surface area contributed by atoms with E-state index in [9.17, 15) is 14.9 Å². The number of amides is 1. The zero-order chi connectivity index (χ0) is 23.4. The minimum absolute atomic E-state index is 0.0969. The summed E-state index contributed by atoms with van der Waals surface area (Å²) in [7, 11) is 0. The maximum Gasteiger partial charge on any atom is 0.295 e. The third-order valence-electron chi connectivity index (χ3n) is 4.62. The number of ether oxygens (including phenoxy) is 1. The molecule has 3 aromatic carbocycles. The summed E-state index contributed by atoms with van der Waals surface area (Å²) >= 11 is 6.02. The van der Waals surface area contributed by atoms with E-state index >= 15 is 0 Å². The van der Waals surface area contributed by atoms with E-state index in [1.165, 1.54) is 18.2 Å². The van der Waals surface area contributed by atoms with Crippen molar-refractivity contribution in [2.45, 2.75) is 6.92 Å². The molecule has 0 atom stereocenters. The summed E-state index contributed by atoms with van der Waals surface area (Å²) in [5, 5.41) is 18.6. The van der Waals surface area contributed by atoms with Crippen LogP contribution < -0.4 is 10.1 Å². The highest BCUT2D eigenvalue weighted by molar-refractivity contribution is 6.30. The number of carbonyl (C=O) groups excluding carboxylic acids is 1. The van der Waals surface area contributed by atoms with E-state index in [1.54, 1.807) is 59.3 Å². The molecule has 0 radical (unpaired) electrons. The molecule has 0 unspecified atom stereocenters. The molecule has 0 fully saturated rings. The second-order valence-electron chi connectivity index (χ2n) is 6.87. The Kier molecular flexibility index (Phi) is 6.32. The van der Waals surface area contributed by atoms with E-state index in [0.29, 0.717) is 34.5 Å². The molecule has 4 aromatic rings. The minimum Gasteiger partial charge on any atom is -0.494 e. The smallest absolute Gasteiger partial charge is 0.295 e. The minimum atomic E-state index is -0.601. The molecule has 0 saturated heterocycles. The van der Waals surface area contributed by atoms with Gasteiger partial charge in [-0.25, -0.2) is 9.67 Å². The number of anilines is 1. The van der Waals surface area contributed by atoms with E-state index in [-0.39, 0.29) is 17.2 Å². The van der Waals surface area contributed by atoms with E-state index in [2.05, 4.69) is 15.4 Å². The first-order chi connectivity index (χ1) is 15.9. The van der Waals surface area contributed by atoms with Gasteiger partial charge in [-0.2, -0.15) is 0 Å². The predicted octanol–water partition coefficient (Wildman–Crippen LogP) is 5.15. The van der Waals surface area contributed by atoms with Gasteiger partial charge in [0.15, 0.2) is 5.82 Å². The first kappa shape index (κ1) is 22.0. The van der Waals surface area contributed by atoms with Crippen LogP contribution in [0.15, 0.2) is 72.8 Å². The molecule has 9 nitrogen and oxygen atoms in total. The van der Waals surface area contributed by atoms with E-state index in [1.807, 2.05) is 6.92 Å². The van der Waals surface area contributed by atoms with Crippen molar-refractivity contribution in [1.82, 2.24) is 14.8 Å². The Morgan fingerprint density at radius 1 is 1.12 bits per heavy atom. The molecule has 0 aliphatic heterocycles. The Morgan fingerprint density at radius 2 is 1.85 bits per heavy atom. The number of nitro groups is 1. The monoisotopic (exact) mass is 463 g/mol. The van der Waals surface area contributed by atoms with Gasteiger partial charge in [0.05, 0.1) is 17.2 Å². The number of benzene rings is 3. The lowest BCUT2D eigenvalue weighted by molar-refractivity contribution is -0.384. The maximum absolute atomic E-state index is 12.9. The van der Waals surface area contributed by atoms with Crippen molar-refractivity contribution in [3.05, 3.63) is 93.8 Å². The highest BCUT2D eigenvalue weighted by Crippen LogP contribution is 2.25. The normalized spacial score (nSPS) is 10.6. The molecule has 1 aromatic heterocycles. The van der Waals surface area contributed by atoms with Crippen molar-refractivity contribution in [3.63, 3.8) is 0 Å². The highest BCUT2D eigenvalue weighted by Gasteiger charge is 2.20. The van der Waals surface area contributed by atoms with E-state index in [4.69, 9.17) is 16.3 Å². The van der Waals surface area contributed by atoms with Gasteiger partial charge in [-0.3, -0.25) is 14.9 Å². The second kappa shape index (κ2) is 9.49. The molecule has 0 aliphatic carbocycles. The number of nitrogens with one attached hydrogen (secondary N) is 1. The molecule has 4 rings (SSSR count). The van der Waals surface area contributed by atoms with Gasteiger partial charge in [-0.05, 0) is 61.5 Å². The molecule has 166 valence electrons. The topological polar surface area (TPSA) is 112 Å². The summed E-state index contributed by atoms with van der Waals surface area (Å²) in [5.41, 5.74) is 1.50. The lowest BCUT2D eigenvalue weighted by Gasteiger charge is -2.08. The number of carbonyl (C=O) groups is 1. The lowest BCUT2D eigenvalue weighted by Crippen LogP contribution is -2.14. The van der Waals surface area contributed by atoms with Crippen LogP contribution in [0.3, 0.4) is 0 Å². The largest absolute Gasteiger partial charge is 0.494 e. The van der Waals surface area contributed by atoms with Crippen molar-refractivity contribution in [1.29, 1.82) is 0 Å². The molecule has 0 bridgehead atoms. The number of hydrogen-bond donors (Lipinski definition) is 1. The molecular formula is C23H18ClN5O4. The Labute approximate surface area is 193 Å². The lowest BCUT2D eigenvalue weighted by atomic mass is 10.2. The van der Waals surface area contributed by atoms with Crippen LogP contribution in [0.4, 0.5) is 11.4 Å². The Hall–Kier alpha value is -4.24. The Bertz CT molecular complexity index is 1300. The quantitative estimate of drug-likeness (QED) is 0.299. The van der Waals surface area contributed by atoms with Crippen LogP contribution in [-0.2, 0) is 0 Å². The average Bonchev–Trinajstić information content (AvgIpc) is 3.26. The molecule has 0 aliphatic rings. The molecule has 33 heavy (non-hydrogen) atoms. The van der Waals surface area contributed by atoms with Crippen LogP contribution in [0.25, 0.3) is 17.1 Å². The molecule has 0 saturated carbocycles. The first-order valence-corrected chi connectivity index (χ1v) is 10.3. The first-order valence-electron chi connectivity index (χ1n) is 9.96. The Morgan fingerprint density at radius 3 is 2.52 bits per heavy atom. The number of nitrogens with zero attached hydrogens (tertiary/aromatic N) is 4. The van der Waals surface area contributed by atoms with Gasteiger partial charge in [0, 0.05) is 28.4 Å². The zero-order valence-electron chi connectivity index (χ0n) is 17.4. The molecular weight excluding hydrogens is 446 g/mol. The molecule has 1 amide bonds. The van der Waals surface area contributed by atoms with E-state index < -0.39 is 10.8 Å². The number of halogens is 1. The predicted molar refractivity (Wildman–Crippen MR) is 124 cm³/mol. The van der Waals surface area contributed by atoms with Gasteiger partial charge in [0.25, 0.3) is 11.6 Å². The van der Waals surface area contributed by atoms with Crippen LogP contribution in [0, 0.1) is 10.1 Å². The van der Waals surface area contributed by atoms with Crippen LogP contribution in [0.2, 0.25) is 5.02 Å². The van der Waals surface area contributed by atoms with Crippen molar-refractivity contribution >= 4 is 28.9 Å². The molecule has 0 spiro atoms. The zero-order valence-corrected chi connectivity index (χ0v) is 18.2. The van der Waals surface area contributed by atoms with E-state index in [0.717, 1.165) is 0 Å². The number of rotatable bonds is 7. The summed E-state index contributed by atoms with van der Waals surface area (Å²) in [6.07, 6.45) is 0. The van der Waals surface area contributed by atoms with Crippen molar-refractivity contribution in [3.8, 4) is 22.8 Å². The number of non-ortho nitro benzene ring substituents is 1. The maximum atomic E-state index is 12.9. The Balaban J connectivity index is 1.71. The summed E-state index contributed by atoms with van der Waals surface area (Å²) in [6, 6.07) is 19.8. The van der Waals surface area contributed by atoms with Crippen LogP contribution >= 0.6 is 11.6 Å². The summed E-state index contributed by atoms with van der Waals surface area (Å²) in [6.45, 7) is 2.44. The van der Waals surface area contributed by atoms with Crippen molar-refractivity contribution in [2.75, 3.05) is 11.9 Å². The fourth-order valence-corrected chi connectivity index (χ4v) is 3.23. The average molecular weight is 464 g/mol. The fourth-order valence-electron chi connectivity index (χ4n) is 3.11. The number of nitro benzene ring substituents is 1. The highest BCUT2D eigenvalue weighted by atomic mass is 35.5. The van der Waals surface area contributed by atoms with Gasteiger partial charge in [-0.1, -0.05) is 17.7 Å². The molecule has 10 heteroatoms. The van der Waals surface area contributed by atoms with Crippen molar-refractivity contribution < 1.29 is 14.5 Å². The number of hydrogen-bond acceptors (Lipinski definition) is 6. The third kappa shape index (κ3) is 4.99. The molecule has 1 heterocycles. The summed E-state index contributed by atoms with van der Waals surface area (Å²) in [4.78, 5) is 27.8. The van der Waals surface area contributed by atoms with Crippen LogP contribution in [0.1, 0.15) is 17.5 Å². The van der Waals surface area contributed by atoms with Crippen LogP contribution in [-0.4, -0.2) is 32.2 Å². The standard InChI is InChI=1S/C23H18ClN5O4/c1-2-33-20-12-10-18(11-13-20)28-22(15-6-8-16(24)9-7-15)26-21(27-28)23(30)25-17-4-3-5-19(14-17)29(31)32/h3-14H,2H2,1H3,(H,25,30). The number of aromatic nitrogens is 3. The third-order valence-corrected chi connectivity index (χ3v) is 4.87. The summed E-state index contributed by atoms with van der Waals surface area (Å²) < 4.78 is 7.03. The van der Waals surface area contributed by atoms with Gasteiger partial charge >= 0.3 is 0 Å². The SMILES string of the molecule is CCOc1ccc(-n2nc(C(=O)Nc3cccc([N+](=O)[O-])c3)nc2-c2ccc(Cl)cc2)cc1.